The molecule has 1 aromatic carbocycles. The quantitative estimate of drug-likeness (QED) is 0.805. The van der Waals surface area contributed by atoms with Crippen LogP contribution >= 0.6 is 0 Å². The molecule has 0 amide bonds. The first-order valence-electron chi connectivity index (χ1n) is 7.05. The predicted octanol–water partition coefficient (Wildman–Crippen LogP) is 3.67. The van der Waals surface area contributed by atoms with Crippen molar-refractivity contribution in [2.75, 3.05) is 31.7 Å². The van der Waals surface area contributed by atoms with Crippen LogP contribution in [0.15, 0.2) is 24.3 Å². The summed E-state index contributed by atoms with van der Waals surface area (Å²) in [7, 11) is 2.19. The Morgan fingerprint density at radius 3 is 2.33 bits per heavy atom. The molecule has 0 unspecified atom stereocenters. The van der Waals surface area contributed by atoms with E-state index in [0.717, 1.165) is 25.7 Å². The zero-order valence-electron chi connectivity index (χ0n) is 11.9. The number of rotatable bonds is 4. The Hall–Kier alpha value is -1.02. The SMILES string of the molecule is CC(C)c1ccc(N(C)CC2CCOCC2)cc1. The fourth-order valence-electron chi connectivity index (χ4n) is 2.54. The van der Waals surface area contributed by atoms with Crippen LogP contribution in [0.3, 0.4) is 0 Å². The average molecular weight is 247 g/mol. The third-order valence-electron chi connectivity index (χ3n) is 3.87. The summed E-state index contributed by atoms with van der Waals surface area (Å²) in [6.45, 7) is 7.49. The largest absolute Gasteiger partial charge is 0.381 e. The van der Waals surface area contributed by atoms with Crippen molar-refractivity contribution < 1.29 is 4.74 Å². The normalized spacial score (nSPS) is 17.1. The van der Waals surface area contributed by atoms with Crippen LogP contribution in [0.1, 0.15) is 38.2 Å². The summed E-state index contributed by atoms with van der Waals surface area (Å²) >= 11 is 0. The van der Waals surface area contributed by atoms with Gasteiger partial charge >= 0.3 is 0 Å². The molecular formula is C16H25NO. The fraction of sp³-hybridized carbons (Fsp3) is 0.625. The number of benzene rings is 1. The molecule has 0 atom stereocenters. The third-order valence-corrected chi connectivity index (χ3v) is 3.87. The molecule has 2 rings (SSSR count). The minimum Gasteiger partial charge on any atom is -0.381 e. The summed E-state index contributed by atoms with van der Waals surface area (Å²) < 4.78 is 5.41. The monoisotopic (exact) mass is 247 g/mol. The zero-order chi connectivity index (χ0) is 13.0. The summed E-state index contributed by atoms with van der Waals surface area (Å²) in [4.78, 5) is 2.38. The fourth-order valence-corrected chi connectivity index (χ4v) is 2.54. The van der Waals surface area contributed by atoms with E-state index in [0.29, 0.717) is 5.92 Å². The van der Waals surface area contributed by atoms with Crippen molar-refractivity contribution in [2.45, 2.75) is 32.6 Å². The lowest BCUT2D eigenvalue weighted by atomic mass is 9.99. The smallest absolute Gasteiger partial charge is 0.0469 e. The van der Waals surface area contributed by atoms with Crippen LogP contribution < -0.4 is 4.90 Å². The van der Waals surface area contributed by atoms with Crippen molar-refractivity contribution in [3.63, 3.8) is 0 Å². The highest BCUT2D eigenvalue weighted by Gasteiger charge is 2.16. The van der Waals surface area contributed by atoms with Gasteiger partial charge in [0, 0.05) is 32.5 Å². The first-order valence-corrected chi connectivity index (χ1v) is 7.05. The lowest BCUT2D eigenvalue weighted by Crippen LogP contribution is -2.29. The zero-order valence-corrected chi connectivity index (χ0v) is 11.9. The molecule has 1 heterocycles. The molecule has 0 N–H and O–H groups in total. The Balaban J connectivity index is 1.93. The van der Waals surface area contributed by atoms with Gasteiger partial charge in [-0.25, -0.2) is 0 Å². The molecule has 1 aliphatic heterocycles. The van der Waals surface area contributed by atoms with Gasteiger partial charge < -0.3 is 9.64 Å². The van der Waals surface area contributed by atoms with E-state index in [1.165, 1.54) is 24.1 Å². The molecule has 0 spiro atoms. The molecule has 0 bridgehead atoms. The molecule has 0 aliphatic carbocycles. The molecule has 2 nitrogen and oxygen atoms in total. The van der Waals surface area contributed by atoms with Crippen LogP contribution in [0.5, 0.6) is 0 Å². The van der Waals surface area contributed by atoms with Crippen molar-refractivity contribution >= 4 is 5.69 Å². The van der Waals surface area contributed by atoms with Gasteiger partial charge in [-0.1, -0.05) is 26.0 Å². The van der Waals surface area contributed by atoms with Crippen LogP contribution in [0.4, 0.5) is 5.69 Å². The maximum atomic E-state index is 5.41. The van der Waals surface area contributed by atoms with Gasteiger partial charge in [0.05, 0.1) is 0 Å². The second kappa shape index (κ2) is 6.24. The molecule has 100 valence electrons. The predicted molar refractivity (Wildman–Crippen MR) is 77.3 cm³/mol. The Bertz CT molecular complexity index is 352. The molecule has 0 aromatic heterocycles. The van der Waals surface area contributed by atoms with Gasteiger partial charge in [0.2, 0.25) is 0 Å². The first kappa shape index (κ1) is 13.4. The minimum absolute atomic E-state index is 0.611. The van der Waals surface area contributed by atoms with E-state index in [2.05, 4.69) is 50.1 Å². The Morgan fingerprint density at radius 2 is 1.78 bits per heavy atom. The molecule has 18 heavy (non-hydrogen) atoms. The molecule has 1 aromatic rings. The maximum Gasteiger partial charge on any atom is 0.0469 e. The second-order valence-electron chi connectivity index (χ2n) is 5.68. The summed E-state index contributed by atoms with van der Waals surface area (Å²) in [5.41, 5.74) is 2.74. The van der Waals surface area contributed by atoms with E-state index >= 15 is 0 Å². The number of anilines is 1. The van der Waals surface area contributed by atoms with Crippen LogP contribution in [-0.2, 0) is 4.74 Å². The second-order valence-corrected chi connectivity index (χ2v) is 5.68. The van der Waals surface area contributed by atoms with Crippen LogP contribution in [0, 0.1) is 5.92 Å². The lowest BCUT2D eigenvalue weighted by molar-refractivity contribution is 0.0685. The molecule has 1 fully saturated rings. The summed E-state index contributed by atoms with van der Waals surface area (Å²) in [6.07, 6.45) is 2.41. The third kappa shape index (κ3) is 3.49. The van der Waals surface area contributed by atoms with Gasteiger partial charge in [-0.2, -0.15) is 0 Å². The highest BCUT2D eigenvalue weighted by Crippen LogP contribution is 2.22. The average Bonchev–Trinajstić information content (AvgIpc) is 2.40. The van der Waals surface area contributed by atoms with Crippen LogP contribution in [0.25, 0.3) is 0 Å². The summed E-state index contributed by atoms with van der Waals surface area (Å²) in [5.74, 6) is 1.40. The Labute approximate surface area is 111 Å². The van der Waals surface area contributed by atoms with Gasteiger partial charge in [0.1, 0.15) is 0 Å². The van der Waals surface area contributed by atoms with Crippen molar-refractivity contribution in [1.82, 2.24) is 0 Å². The molecule has 0 saturated carbocycles. The van der Waals surface area contributed by atoms with E-state index in [-0.39, 0.29) is 0 Å². The van der Waals surface area contributed by atoms with Crippen LogP contribution in [-0.4, -0.2) is 26.8 Å². The Kier molecular flexibility index (Phi) is 4.65. The standard InChI is InChI=1S/C16H25NO/c1-13(2)15-4-6-16(7-5-15)17(3)12-14-8-10-18-11-9-14/h4-7,13-14H,8-12H2,1-3H3. The van der Waals surface area contributed by atoms with Gasteiger partial charge in [-0.15, -0.1) is 0 Å². The highest BCUT2D eigenvalue weighted by atomic mass is 16.5. The lowest BCUT2D eigenvalue weighted by Gasteiger charge is -2.28. The van der Waals surface area contributed by atoms with E-state index in [4.69, 9.17) is 4.74 Å². The Morgan fingerprint density at radius 1 is 1.17 bits per heavy atom. The van der Waals surface area contributed by atoms with Gasteiger partial charge in [-0.3, -0.25) is 0 Å². The summed E-state index contributed by atoms with van der Waals surface area (Å²) in [6, 6.07) is 8.99. The minimum atomic E-state index is 0.611. The van der Waals surface area contributed by atoms with Crippen molar-refractivity contribution in [2.24, 2.45) is 5.92 Å². The van der Waals surface area contributed by atoms with Crippen molar-refractivity contribution in [3.05, 3.63) is 29.8 Å². The molecule has 2 heteroatoms. The number of ether oxygens (including phenoxy) is 1. The van der Waals surface area contributed by atoms with Crippen LogP contribution in [0.2, 0.25) is 0 Å². The first-order chi connectivity index (χ1) is 8.66. The number of nitrogens with zero attached hydrogens (tertiary/aromatic N) is 1. The van der Waals surface area contributed by atoms with Gasteiger partial charge in [0.25, 0.3) is 0 Å². The van der Waals surface area contributed by atoms with Gasteiger partial charge in [-0.05, 0) is 42.4 Å². The van der Waals surface area contributed by atoms with Crippen molar-refractivity contribution in [3.8, 4) is 0 Å². The van der Waals surface area contributed by atoms with E-state index in [9.17, 15) is 0 Å². The van der Waals surface area contributed by atoms with E-state index in [1.807, 2.05) is 0 Å². The van der Waals surface area contributed by atoms with Gasteiger partial charge in [0.15, 0.2) is 0 Å². The number of hydrogen-bond donors (Lipinski definition) is 0. The topological polar surface area (TPSA) is 12.5 Å². The molecule has 1 aliphatic rings. The molecular weight excluding hydrogens is 222 g/mol. The highest BCUT2D eigenvalue weighted by molar-refractivity contribution is 5.47. The number of hydrogen-bond acceptors (Lipinski definition) is 2. The molecule has 0 radical (unpaired) electrons. The maximum absolute atomic E-state index is 5.41. The summed E-state index contributed by atoms with van der Waals surface area (Å²) in [5, 5.41) is 0. The van der Waals surface area contributed by atoms with E-state index < -0.39 is 0 Å². The van der Waals surface area contributed by atoms with E-state index in [1.54, 1.807) is 0 Å². The van der Waals surface area contributed by atoms with Crippen molar-refractivity contribution in [1.29, 1.82) is 0 Å². The molecule has 1 saturated heterocycles.